The van der Waals surface area contributed by atoms with Gasteiger partial charge in [-0.25, -0.2) is 4.68 Å². The molecule has 0 radical (unpaired) electrons. The van der Waals surface area contributed by atoms with E-state index >= 15 is 0 Å². The molecule has 1 amide bonds. The Kier molecular flexibility index (Phi) is 17.4. The normalized spacial score (nSPS) is 15.8. The molecular weight excluding hydrogens is 718 g/mol. The molecule has 2 unspecified atom stereocenters. The van der Waals surface area contributed by atoms with Crippen LogP contribution in [-0.2, 0) is 30.2 Å². The smallest absolute Gasteiger partial charge is 0.247 e. The molecule has 5 rings (SSSR count). The van der Waals surface area contributed by atoms with Gasteiger partial charge in [-0.2, -0.15) is 15.0 Å². The summed E-state index contributed by atoms with van der Waals surface area (Å²) in [5.41, 5.74) is 7.96. The number of carbonyl (C=O) groups excluding carboxylic acids is 1. The van der Waals surface area contributed by atoms with E-state index in [4.69, 9.17) is 46.1 Å². The molecule has 1 aromatic carbocycles. The van der Waals surface area contributed by atoms with E-state index in [1.54, 1.807) is 23.0 Å². The lowest BCUT2D eigenvalue weighted by Crippen LogP contribution is -3.00. The summed E-state index contributed by atoms with van der Waals surface area (Å²) in [4.78, 5) is 34.5. The summed E-state index contributed by atoms with van der Waals surface area (Å²) in [6.07, 6.45) is 8.09. The van der Waals surface area contributed by atoms with E-state index in [-0.39, 0.29) is 36.7 Å². The molecule has 2 fully saturated rings. The minimum Gasteiger partial charge on any atom is -1.00 e. The van der Waals surface area contributed by atoms with Crippen molar-refractivity contribution in [3.8, 4) is 18.1 Å². The first-order valence-electron chi connectivity index (χ1n) is 18.3. The molecule has 2 aromatic heterocycles. The molecule has 3 aromatic rings. The van der Waals surface area contributed by atoms with Crippen LogP contribution < -0.4 is 33.3 Å². The number of halogens is 1. The Hall–Kier alpha value is -4.31. The van der Waals surface area contributed by atoms with Gasteiger partial charge in [0, 0.05) is 52.2 Å². The number of hydrogen-bond donors (Lipinski definition) is 3. The Morgan fingerprint density at radius 2 is 1.57 bits per heavy atom. The first kappa shape index (κ1) is 42.4. The fraction of sp³-hybridized carbons (Fsp3) is 0.611. The number of aromatic hydroxyl groups is 1. The zero-order valence-corrected chi connectivity index (χ0v) is 31.9. The van der Waals surface area contributed by atoms with Gasteiger partial charge in [0.15, 0.2) is 0 Å². The van der Waals surface area contributed by atoms with Gasteiger partial charge in [-0.05, 0) is 30.0 Å². The lowest BCUT2D eigenvalue weighted by Gasteiger charge is -2.36. The summed E-state index contributed by atoms with van der Waals surface area (Å²) in [7, 11) is 0. The van der Waals surface area contributed by atoms with E-state index in [0.29, 0.717) is 128 Å². The Bertz CT molecular complexity index is 1590. The van der Waals surface area contributed by atoms with Crippen molar-refractivity contribution >= 4 is 23.8 Å². The number of amides is 1. The van der Waals surface area contributed by atoms with E-state index in [1.165, 1.54) is 0 Å². The van der Waals surface area contributed by atoms with E-state index in [0.717, 1.165) is 12.0 Å². The number of hydrogen-bond acceptors (Lipinski definition) is 15. The average molecular weight is 771 g/mol. The molecule has 0 bridgehead atoms. The van der Waals surface area contributed by atoms with Gasteiger partial charge in [0.05, 0.1) is 64.2 Å². The number of nitrogens with zero attached hydrogens (tertiary/aromatic N) is 9. The van der Waals surface area contributed by atoms with Crippen molar-refractivity contribution in [1.82, 2.24) is 34.8 Å². The second-order valence-corrected chi connectivity index (χ2v) is 13.3. The SMILES string of the molecule is C#CCOCCOCCOCCNc1nc(N2CCOCC2)nc(N2CCN(C(=O)C(Cc3ccc(O)cc3)n3cc(C(N)CC(C)C)nn3)CC2)n1.[Cl-]. The molecule has 4 N–H and O–H groups in total. The van der Waals surface area contributed by atoms with Crippen LogP contribution in [0.5, 0.6) is 5.75 Å². The van der Waals surface area contributed by atoms with Crippen molar-refractivity contribution in [1.29, 1.82) is 0 Å². The number of carbonyl (C=O) groups is 1. The summed E-state index contributed by atoms with van der Waals surface area (Å²) in [6.45, 7) is 11.8. The van der Waals surface area contributed by atoms with Crippen molar-refractivity contribution in [2.45, 2.75) is 38.8 Å². The molecule has 54 heavy (non-hydrogen) atoms. The highest BCUT2D eigenvalue weighted by Crippen LogP contribution is 2.24. The number of benzene rings is 1. The highest BCUT2D eigenvalue weighted by Gasteiger charge is 2.32. The zero-order valence-electron chi connectivity index (χ0n) is 31.2. The minimum atomic E-state index is -0.638. The van der Waals surface area contributed by atoms with E-state index in [2.05, 4.69) is 45.2 Å². The topological polar surface area (TPSA) is 191 Å². The van der Waals surface area contributed by atoms with Crippen LogP contribution in [0.3, 0.4) is 0 Å². The molecule has 0 saturated carbocycles. The van der Waals surface area contributed by atoms with Gasteiger partial charge < -0.3 is 62.2 Å². The van der Waals surface area contributed by atoms with Crippen LogP contribution in [0.15, 0.2) is 30.5 Å². The largest absolute Gasteiger partial charge is 1.00 e. The fourth-order valence-electron chi connectivity index (χ4n) is 6.01. The number of phenols is 1. The molecule has 18 heteroatoms. The number of phenolic OH excluding ortho intramolecular Hbond substituents is 1. The summed E-state index contributed by atoms with van der Waals surface area (Å²) in [6, 6.07) is 5.96. The second kappa shape index (κ2) is 22.2. The third-order valence-corrected chi connectivity index (χ3v) is 8.84. The molecule has 2 aliphatic rings. The molecule has 296 valence electrons. The van der Waals surface area contributed by atoms with Crippen molar-refractivity contribution in [2.24, 2.45) is 11.7 Å². The number of piperazine rings is 1. The monoisotopic (exact) mass is 770 g/mol. The number of ether oxygens (including phenoxy) is 4. The van der Waals surface area contributed by atoms with Gasteiger partial charge in [-0.15, -0.1) is 11.5 Å². The number of nitrogens with two attached hydrogens (primary N) is 1. The van der Waals surface area contributed by atoms with Crippen LogP contribution >= 0.6 is 0 Å². The summed E-state index contributed by atoms with van der Waals surface area (Å²) in [5.74, 6) is 4.47. The number of aromatic nitrogens is 6. The summed E-state index contributed by atoms with van der Waals surface area (Å²) >= 11 is 0. The first-order chi connectivity index (χ1) is 25.8. The highest BCUT2D eigenvalue weighted by molar-refractivity contribution is 5.81. The van der Waals surface area contributed by atoms with Crippen LogP contribution in [0.25, 0.3) is 0 Å². The van der Waals surface area contributed by atoms with Gasteiger partial charge in [0.25, 0.3) is 0 Å². The summed E-state index contributed by atoms with van der Waals surface area (Å²) < 4.78 is 23.5. The van der Waals surface area contributed by atoms with E-state index in [9.17, 15) is 9.90 Å². The molecular formula is C36H53ClN11O6-. The Balaban J connectivity index is 0.00000650. The van der Waals surface area contributed by atoms with Crippen molar-refractivity contribution in [3.63, 3.8) is 0 Å². The molecule has 2 aliphatic heterocycles. The third-order valence-electron chi connectivity index (χ3n) is 8.84. The maximum absolute atomic E-state index is 14.2. The molecule has 4 heterocycles. The summed E-state index contributed by atoms with van der Waals surface area (Å²) in [5, 5.41) is 21.8. The maximum Gasteiger partial charge on any atom is 0.247 e. The Labute approximate surface area is 323 Å². The minimum absolute atomic E-state index is 0. The second-order valence-electron chi connectivity index (χ2n) is 13.3. The number of anilines is 3. The van der Waals surface area contributed by atoms with Crippen LogP contribution in [0.4, 0.5) is 17.8 Å². The number of morpholine rings is 1. The first-order valence-corrected chi connectivity index (χ1v) is 18.3. The molecule has 2 atom stereocenters. The van der Waals surface area contributed by atoms with Gasteiger partial charge in [-0.3, -0.25) is 4.79 Å². The van der Waals surface area contributed by atoms with E-state index < -0.39 is 6.04 Å². The molecule has 17 nitrogen and oxygen atoms in total. The quantitative estimate of drug-likeness (QED) is 0.0869. The lowest BCUT2D eigenvalue weighted by atomic mass is 10.0. The van der Waals surface area contributed by atoms with Gasteiger partial charge in [0.2, 0.25) is 23.8 Å². The standard InChI is InChI=1S/C36H53N11O6.ClH/c1-4-16-50-20-22-53-23-21-51-17-9-38-34-39-35(41-36(40-34)46-14-18-52-19-15-46)45-12-10-44(11-13-45)33(49)32(25-28-5-7-29(48)8-6-28)47-26-31(42-43-47)30(37)24-27(2)3;/h1,5-8,26-27,30,32,48H,9-25,37H2,2-3H3,(H,38,39,40,41);1H/p-1. The average Bonchev–Trinajstić information content (AvgIpc) is 3.67. The maximum atomic E-state index is 14.2. The predicted molar refractivity (Wildman–Crippen MR) is 199 cm³/mol. The Morgan fingerprint density at radius 3 is 2.22 bits per heavy atom. The third kappa shape index (κ3) is 12.9. The predicted octanol–water partition coefficient (Wildman–Crippen LogP) is -1.72. The van der Waals surface area contributed by atoms with Gasteiger partial charge in [-0.1, -0.05) is 37.1 Å². The molecule has 0 spiro atoms. The number of nitrogens with one attached hydrogen (secondary N) is 1. The van der Waals surface area contributed by atoms with E-state index in [1.807, 2.05) is 17.0 Å². The van der Waals surface area contributed by atoms with Crippen molar-refractivity contribution in [2.75, 3.05) is 114 Å². The highest BCUT2D eigenvalue weighted by atomic mass is 35.5. The van der Waals surface area contributed by atoms with Gasteiger partial charge in [0.1, 0.15) is 18.4 Å². The van der Waals surface area contributed by atoms with Gasteiger partial charge >= 0.3 is 0 Å². The van der Waals surface area contributed by atoms with Crippen LogP contribution in [0.2, 0.25) is 0 Å². The zero-order chi connectivity index (χ0) is 37.4. The lowest BCUT2D eigenvalue weighted by molar-refractivity contribution is -0.135. The Morgan fingerprint density at radius 1 is 0.944 bits per heavy atom. The van der Waals surface area contributed by atoms with Crippen molar-refractivity contribution in [3.05, 3.63) is 41.7 Å². The fourth-order valence-corrected chi connectivity index (χ4v) is 6.01. The van der Waals surface area contributed by atoms with Crippen LogP contribution in [0, 0.1) is 18.3 Å². The number of terminal acetylenes is 1. The number of rotatable bonds is 20. The van der Waals surface area contributed by atoms with Crippen LogP contribution in [-0.4, -0.2) is 145 Å². The van der Waals surface area contributed by atoms with Crippen LogP contribution in [0.1, 0.15) is 43.6 Å². The van der Waals surface area contributed by atoms with Crippen molar-refractivity contribution < 1.29 is 41.3 Å². The molecule has 2 saturated heterocycles. The molecule has 0 aliphatic carbocycles.